The molecule has 1 saturated heterocycles. The third-order valence-electron chi connectivity index (χ3n) is 2.23. The number of allylic oxidation sites excluding steroid dienone is 1. The Bertz CT molecular complexity index is 418. The van der Waals surface area contributed by atoms with Crippen LogP contribution in [0.2, 0.25) is 0 Å². The molecule has 0 radical (unpaired) electrons. The fraction of sp³-hybridized carbons (Fsp3) is 0.167. The third-order valence-corrected chi connectivity index (χ3v) is 2.23. The van der Waals surface area contributed by atoms with Crippen LogP contribution in [0.4, 0.5) is 0 Å². The molecule has 0 unspecified atom stereocenters. The van der Waals surface area contributed by atoms with Crippen LogP contribution in [0.15, 0.2) is 42.0 Å². The summed E-state index contributed by atoms with van der Waals surface area (Å²) in [6.45, 7) is 0. The van der Waals surface area contributed by atoms with Crippen molar-refractivity contribution in [2.45, 2.75) is 12.8 Å². The van der Waals surface area contributed by atoms with Crippen LogP contribution in [0.1, 0.15) is 12.0 Å². The van der Waals surface area contributed by atoms with Crippen molar-refractivity contribution in [1.82, 2.24) is 0 Å². The fourth-order valence-corrected chi connectivity index (χ4v) is 1.44. The van der Waals surface area contributed by atoms with Crippen LogP contribution < -0.4 is 0 Å². The summed E-state index contributed by atoms with van der Waals surface area (Å²) in [4.78, 5) is 21.9. The number of hydrogen-bond donors (Lipinski definition) is 0. The molecule has 3 heteroatoms. The van der Waals surface area contributed by atoms with Gasteiger partial charge in [-0.25, -0.2) is 4.79 Å². The van der Waals surface area contributed by atoms with Gasteiger partial charge in [0.2, 0.25) is 0 Å². The second-order valence-corrected chi connectivity index (χ2v) is 3.36. The second kappa shape index (κ2) is 4.09. The zero-order valence-corrected chi connectivity index (χ0v) is 8.10. The highest BCUT2D eigenvalue weighted by atomic mass is 16.6. The zero-order valence-electron chi connectivity index (χ0n) is 8.10. The predicted octanol–water partition coefficient (Wildman–Crippen LogP) is 1.63. The number of carbonyl (C=O) groups excluding carboxylic acids is 2. The Morgan fingerprint density at radius 1 is 1.20 bits per heavy atom. The number of carbonyl (C=O) groups is 2. The highest BCUT2D eigenvalue weighted by molar-refractivity contribution is 6.05. The lowest BCUT2D eigenvalue weighted by Crippen LogP contribution is -1.97. The SMILES string of the molecule is O=C1CC(=CCc2ccccc2)C(=O)O1. The average Bonchev–Trinajstić information content (AvgIpc) is 2.56. The molecular weight excluding hydrogens is 192 g/mol. The van der Waals surface area contributed by atoms with E-state index in [1.807, 2.05) is 30.3 Å². The molecule has 0 amide bonds. The minimum absolute atomic E-state index is 0.103. The Hall–Kier alpha value is -1.90. The summed E-state index contributed by atoms with van der Waals surface area (Å²) >= 11 is 0. The predicted molar refractivity (Wildman–Crippen MR) is 53.9 cm³/mol. The van der Waals surface area contributed by atoms with E-state index in [-0.39, 0.29) is 6.42 Å². The van der Waals surface area contributed by atoms with Crippen molar-refractivity contribution in [3.8, 4) is 0 Å². The number of rotatable bonds is 2. The van der Waals surface area contributed by atoms with Crippen LogP contribution in [-0.2, 0) is 20.7 Å². The molecule has 1 aliphatic rings. The van der Waals surface area contributed by atoms with Crippen LogP contribution in [-0.4, -0.2) is 11.9 Å². The van der Waals surface area contributed by atoms with Crippen molar-refractivity contribution in [3.63, 3.8) is 0 Å². The highest BCUT2D eigenvalue weighted by Gasteiger charge is 2.26. The van der Waals surface area contributed by atoms with Crippen molar-refractivity contribution in [2.24, 2.45) is 0 Å². The molecule has 1 heterocycles. The molecule has 0 aliphatic carbocycles. The molecule has 0 saturated carbocycles. The standard InChI is InChI=1S/C12H10O3/c13-11-8-10(12(14)15-11)7-6-9-4-2-1-3-5-9/h1-5,7H,6,8H2. The fourth-order valence-electron chi connectivity index (χ4n) is 1.44. The Morgan fingerprint density at radius 3 is 2.53 bits per heavy atom. The van der Waals surface area contributed by atoms with Gasteiger partial charge in [-0.15, -0.1) is 0 Å². The molecule has 1 aromatic rings. The quantitative estimate of drug-likeness (QED) is 0.416. The molecule has 0 N–H and O–H groups in total. The monoisotopic (exact) mass is 202 g/mol. The summed E-state index contributed by atoms with van der Waals surface area (Å²) in [5.41, 5.74) is 1.57. The summed E-state index contributed by atoms with van der Waals surface area (Å²) < 4.78 is 4.42. The molecule has 1 fully saturated rings. The van der Waals surface area contributed by atoms with Gasteiger partial charge in [0, 0.05) is 5.57 Å². The zero-order chi connectivity index (χ0) is 10.7. The molecule has 0 spiro atoms. The summed E-state index contributed by atoms with van der Waals surface area (Å²) in [7, 11) is 0. The van der Waals surface area contributed by atoms with E-state index in [1.165, 1.54) is 0 Å². The van der Waals surface area contributed by atoms with Gasteiger partial charge in [0.25, 0.3) is 0 Å². The Labute approximate surface area is 87.4 Å². The van der Waals surface area contributed by atoms with Crippen LogP contribution in [0, 0.1) is 0 Å². The molecule has 76 valence electrons. The third kappa shape index (κ3) is 2.31. The van der Waals surface area contributed by atoms with Crippen LogP contribution in [0.3, 0.4) is 0 Å². The van der Waals surface area contributed by atoms with Gasteiger partial charge in [-0.05, 0) is 12.0 Å². The van der Waals surface area contributed by atoms with Gasteiger partial charge in [-0.3, -0.25) is 4.79 Å². The van der Waals surface area contributed by atoms with E-state index in [0.717, 1.165) is 5.56 Å². The van der Waals surface area contributed by atoms with E-state index in [1.54, 1.807) is 6.08 Å². The largest absolute Gasteiger partial charge is 0.389 e. The topological polar surface area (TPSA) is 43.4 Å². The molecule has 15 heavy (non-hydrogen) atoms. The Morgan fingerprint density at radius 2 is 1.93 bits per heavy atom. The average molecular weight is 202 g/mol. The Kier molecular flexibility index (Phi) is 2.63. The molecule has 1 aromatic carbocycles. The summed E-state index contributed by atoms with van der Waals surface area (Å²) in [6.07, 6.45) is 2.51. The summed E-state index contributed by atoms with van der Waals surface area (Å²) in [6, 6.07) is 9.75. The van der Waals surface area contributed by atoms with E-state index >= 15 is 0 Å². The molecule has 3 nitrogen and oxygen atoms in total. The molecular formula is C12H10O3. The van der Waals surface area contributed by atoms with Gasteiger partial charge in [-0.2, -0.15) is 0 Å². The van der Waals surface area contributed by atoms with Gasteiger partial charge in [0.15, 0.2) is 0 Å². The van der Waals surface area contributed by atoms with E-state index in [9.17, 15) is 9.59 Å². The van der Waals surface area contributed by atoms with Crippen molar-refractivity contribution in [1.29, 1.82) is 0 Å². The molecule has 0 aromatic heterocycles. The van der Waals surface area contributed by atoms with Crippen molar-refractivity contribution in [2.75, 3.05) is 0 Å². The molecule has 1 aliphatic heterocycles. The number of benzene rings is 1. The van der Waals surface area contributed by atoms with Crippen LogP contribution in [0.5, 0.6) is 0 Å². The number of esters is 2. The lowest BCUT2D eigenvalue weighted by Gasteiger charge is -1.95. The first-order chi connectivity index (χ1) is 7.25. The first-order valence-corrected chi connectivity index (χ1v) is 4.73. The van der Waals surface area contributed by atoms with E-state index in [4.69, 9.17) is 0 Å². The van der Waals surface area contributed by atoms with Gasteiger partial charge < -0.3 is 4.74 Å². The van der Waals surface area contributed by atoms with Crippen molar-refractivity contribution >= 4 is 11.9 Å². The van der Waals surface area contributed by atoms with Gasteiger partial charge in [-0.1, -0.05) is 36.4 Å². The minimum atomic E-state index is -0.504. The van der Waals surface area contributed by atoms with Crippen LogP contribution >= 0.6 is 0 Å². The lowest BCUT2D eigenvalue weighted by molar-refractivity contribution is -0.151. The number of ether oxygens (including phenoxy) is 1. The maximum Gasteiger partial charge on any atom is 0.341 e. The first-order valence-electron chi connectivity index (χ1n) is 4.73. The van der Waals surface area contributed by atoms with Gasteiger partial charge >= 0.3 is 11.9 Å². The van der Waals surface area contributed by atoms with E-state index < -0.39 is 11.9 Å². The van der Waals surface area contributed by atoms with Crippen LogP contribution in [0.25, 0.3) is 0 Å². The molecule has 0 atom stereocenters. The van der Waals surface area contributed by atoms with Gasteiger partial charge in [0.05, 0.1) is 6.42 Å². The highest BCUT2D eigenvalue weighted by Crippen LogP contribution is 2.15. The first kappa shape index (κ1) is 9.65. The lowest BCUT2D eigenvalue weighted by atomic mass is 10.1. The molecule has 2 rings (SSSR count). The summed E-state index contributed by atoms with van der Waals surface area (Å²) in [5.74, 6) is -0.963. The van der Waals surface area contributed by atoms with Crippen molar-refractivity contribution in [3.05, 3.63) is 47.5 Å². The van der Waals surface area contributed by atoms with Crippen molar-refractivity contribution < 1.29 is 14.3 Å². The van der Waals surface area contributed by atoms with E-state index in [2.05, 4.69) is 4.74 Å². The normalized spacial score (nSPS) is 18.3. The van der Waals surface area contributed by atoms with E-state index in [0.29, 0.717) is 12.0 Å². The smallest absolute Gasteiger partial charge is 0.341 e. The molecule has 0 bridgehead atoms. The van der Waals surface area contributed by atoms with Gasteiger partial charge in [0.1, 0.15) is 0 Å². The number of cyclic esters (lactones) is 2. The summed E-state index contributed by atoms with van der Waals surface area (Å²) in [5, 5.41) is 0. The maximum absolute atomic E-state index is 11.1. The minimum Gasteiger partial charge on any atom is -0.389 e. The maximum atomic E-state index is 11.1. The Balaban J connectivity index is 2.06. The second-order valence-electron chi connectivity index (χ2n) is 3.36. The number of hydrogen-bond acceptors (Lipinski definition) is 3.